The summed E-state index contributed by atoms with van der Waals surface area (Å²) >= 11 is 0. The first-order chi connectivity index (χ1) is 10.1. The molecule has 1 aromatic carbocycles. The van der Waals surface area contributed by atoms with E-state index in [9.17, 15) is 9.90 Å². The van der Waals surface area contributed by atoms with Gasteiger partial charge in [0, 0.05) is 5.92 Å². The fourth-order valence-corrected chi connectivity index (χ4v) is 2.23. The lowest BCUT2D eigenvalue weighted by atomic mass is 9.82. The second-order valence-electron chi connectivity index (χ2n) is 5.23. The van der Waals surface area contributed by atoms with Gasteiger partial charge in [-0.2, -0.15) is 4.98 Å². The summed E-state index contributed by atoms with van der Waals surface area (Å²) in [5.74, 6) is 0.546. The third-order valence-corrected chi connectivity index (χ3v) is 3.58. The van der Waals surface area contributed by atoms with Crippen LogP contribution >= 0.6 is 0 Å². The van der Waals surface area contributed by atoms with Gasteiger partial charge in [-0.15, -0.1) is 0 Å². The van der Waals surface area contributed by atoms with E-state index in [0.717, 1.165) is 0 Å². The van der Waals surface area contributed by atoms with Gasteiger partial charge in [-0.3, -0.25) is 0 Å². The van der Waals surface area contributed by atoms with Crippen LogP contribution in [0.25, 0.3) is 0 Å². The van der Waals surface area contributed by atoms with Crippen LogP contribution < -0.4 is 0 Å². The van der Waals surface area contributed by atoms with Crippen molar-refractivity contribution in [3.8, 4) is 0 Å². The van der Waals surface area contributed by atoms with Gasteiger partial charge in [-0.1, -0.05) is 23.4 Å². The Bertz CT molecular complexity index is 620. The van der Waals surface area contributed by atoms with Crippen molar-refractivity contribution in [3.05, 3.63) is 47.6 Å². The predicted molar refractivity (Wildman–Crippen MR) is 72.6 cm³/mol. The predicted octanol–water partition coefficient (Wildman–Crippen LogP) is 2.23. The topological polar surface area (TPSA) is 85.5 Å². The van der Waals surface area contributed by atoms with Crippen molar-refractivity contribution in [2.24, 2.45) is 0 Å². The van der Waals surface area contributed by atoms with Crippen LogP contribution in [0.15, 0.2) is 34.9 Å². The summed E-state index contributed by atoms with van der Waals surface area (Å²) in [5, 5.41) is 13.2. The molecule has 21 heavy (non-hydrogen) atoms. The van der Waals surface area contributed by atoms with Crippen LogP contribution in [-0.2, 0) is 4.74 Å². The highest BCUT2D eigenvalue weighted by atomic mass is 16.6. The molecule has 110 valence electrons. The molecule has 1 aliphatic rings. The zero-order chi connectivity index (χ0) is 14.8. The number of aromatic nitrogens is 2. The molecule has 1 aliphatic carbocycles. The van der Waals surface area contributed by atoms with Crippen LogP contribution in [0.2, 0.25) is 0 Å². The second-order valence-corrected chi connectivity index (χ2v) is 5.23. The molecule has 6 heteroatoms. The highest BCUT2D eigenvalue weighted by Crippen LogP contribution is 2.35. The number of aliphatic hydroxyl groups is 1. The van der Waals surface area contributed by atoms with E-state index in [2.05, 4.69) is 10.1 Å². The lowest BCUT2D eigenvalue weighted by Crippen LogP contribution is -2.27. The third kappa shape index (κ3) is 2.95. The summed E-state index contributed by atoms with van der Waals surface area (Å²) in [5.41, 5.74) is 0.478. The molecular formula is C15H16N2O4. The number of carbonyl (C=O) groups excluding carboxylic acids is 1. The third-order valence-electron chi connectivity index (χ3n) is 3.58. The van der Waals surface area contributed by atoms with E-state index in [1.807, 2.05) is 6.07 Å². The Labute approximate surface area is 121 Å². The van der Waals surface area contributed by atoms with E-state index in [0.29, 0.717) is 24.2 Å². The molecule has 0 radical (unpaired) electrons. The number of aliphatic hydroxyl groups excluding tert-OH is 1. The van der Waals surface area contributed by atoms with Crippen molar-refractivity contribution >= 4 is 5.97 Å². The largest absolute Gasteiger partial charge is 0.449 e. The van der Waals surface area contributed by atoms with Crippen LogP contribution in [0.4, 0.5) is 0 Å². The monoisotopic (exact) mass is 288 g/mol. The number of esters is 1. The minimum absolute atomic E-state index is 0.134. The summed E-state index contributed by atoms with van der Waals surface area (Å²) in [4.78, 5) is 16.2. The standard InChI is InChI=1S/C15H16N2O4/c1-9(20-15(19)10-5-3-2-4-6-10)14-16-13(17-21-14)11-7-12(18)8-11/h2-6,9,11-12,18H,7-8H2,1H3/t9-,11?,12?/m1/s1. The molecule has 0 spiro atoms. The molecule has 6 nitrogen and oxygen atoms in total. The lowest BCUT2D eigenvalue weighted by molar-refractivity contribution is 0.0265. The maximum Gasteiger partial charge on any atom is 0.338 e. The first kappa shape index (κ1) is 13.8. The van der Waals surface area contributed by atoms with E-state index in [-0.39, 0.29) is 17.9 Å². The quantitative estimate of drug-likeness (QED) is 0.868. The van der Waals surface area contributed by atoms with Crippen LogP contribution in [0.5, 0.6) is 0 Å². The normalized spacial score (nSPS) is 22.4. The average Bonchev–Trinajstić information content (AvgIpc) is 2.94. The average molecular weight is 288 g/mol. The Morgan fingerprint density at radius 1 is 1.38 bits per heavy atom. The molecule has 3 rings (SSSR count). The molecule has 0 amide bonds. The van der Waals surface area contributed by atoms with Gasteiger partial charge in [0.15, 0.2) is 11.9 Å². The number of ether oxygens (including phenoxy) is 1. The summed E-state index contributed by atoms with van der Waals surface area (Å²) < 4.78 is 10.4. The van der Waals surface area contributed by atoms with Crippen molar-refractivity contribution in [1.29, 1.82) is 0 Å². The van der Waals surface area contributed by atoms with E-state index in [1.54, 1.807) is 31.2 Å². The van der Waals surface area contributed by atoms with Gasteiger partial charge in [0.05, 0.1) is 11.7 Å². The van der Waals surface area contributed by atoms with Crippen LogP contribution in [0, 0.1) is 0 Å². The minimum atomic E-state index is -0.607. The fraction of sp³-hybridized carbons (Fsp3) is 0.400. The maximum absolute atomic E-state index is 11.9. The number of rotatable bonds is 4. The van der Waals surface area contributed by atoms with E-state index in [4.69, 9.17) is 9.26 Å². The van der Waals surface area contributed by atoms with Gasteiger partial charge in [-0.05, 0) is 31.9 Å². The number of nitrogens with zero attached hydrogens (tertiary/aromatic N) is 2. The molecule has 1 saturated carbocycles. The van der Waals surface area contributed by atoms with Gasteiger partial charge in [0.1, 0.15) is 0 Å². The van der Waals surface area contributed by atoms with Crippen molar-refractivity contribution in [1.82, 2.24) is 10.1 Å². The van der Waals surface area contributed by atoms with Gasteiger partial charge in [-0.25, -0.2) is 4.79 Å². The Kier molecular flexibility index (Phi) is 3.70. The first-order valence-corrected chi connectivity index (χ1v) is 6.91. The zero-order valence-corrected chi connectivity index (χ0v) is 11.6. The molecule has 1 fully saturated rings. The SMILES string of the molecule is C[C@@H](OC(=O)c1ccccc1)c1nc(C2CC(O)C2)no1. The molecule has 0 saturated heterocycles. The molecule has 1 atom stereocenters. The van der Waals surface area contributed by atoms with Crippen molar-refractivity contribution in [2.75, 3.05) is 0 Å². The van der Waals surface area contributed by atoms with Gasteiger partial charge < -0.3 is 14.4 Å². The molecule has 1 heterocycles. The summed E-state index contributed by atoms with van der Waals surface area (Å²) in [6, 6.07) is 8.74. The zero-order valence-electron chi connectivity index (χ0n) is 11.6. The van der Waals surface area contributed by atoms with E-state index < -0.39 is 12.1 Å². The Morgan fingerprint density at radius 3 is 2.76 bits per heavy atom. The number of hydrogen-bond donors (Lipinski definition) is 1. The van der Waals surface area contributed by atoms with E-state index in [1.165, 1.54) is 0 Å². The Morgan fingerprint density at radius 2 is 2.10 bits per heavy atom. The van der Waals surface area contributed by atoms with Crippen molar-refractivity contribution in [3.63, 3.8) is 0 Å². The molecular weight excluding hydrogens is 272 g/mol. The summed E-state index contributed by atoms with van der Waals surface area (Å²) in [6.45, 7) is 1.69. The van der Waals surface area contributed by atoms with Crippen LogP contribution in [0.1, 0.15) is 53.9 Å². The smallest absolute Gasteiger partial charge is 0.338 e. The van der Waals surface area contributed by atoms with Crippen LogP contribution in [0.3, 0.4) is 0 Å². The summed E-state index contributed by atoms with van der Waals surface area (Å²) in [7, 11) is 0. The number of carbonyl (C=O) groups is 1. The molecule has 0 unspecified atom stereocenters. The molecule has 1 N–H and O–H groups in total. The number of benzene rings is 1. The lowest BCUT2D eigenvalue weighted by Gasteiger charge is -2.28. The Balaban J connectivity index is 1.63. The molecule has 2 aromatic rings. The highest BCUT2D eigenvalue weighted by molar-refractivity contribution is 5.89. The minimum Gasteiger partial charge on any atom is -0.449 e. The fourth-order valence-electron chi connectivity index (χ4n) is 2.23. The molecule has 1 aromatic heterocycles. The van der Waals surface area contributed by atoms with Crippen LogP contribution in [-0.4, -0.2) is 27.3 Å². The van der Waals surface area contributed by atoms with E-state index >= 15 is 0 Å². The first-order valence-electron chi connectivity index (χ1n) is 6.91. The molecule has 0 bridgehead atoms. The Hall–Kier alpha value is -2.21. The maximum atomic E-state index is 11.9. The van der Waals surface area contributed by atoms with Crippen molar-refractivity contribution in [2.45, 2.75) is 37.9 Å². The number of hydrogen-bond acceptors (Lipinski definition) is 6. The highest BCUT2D eigenvalue weighted by Gasteiger charge is 2.33. The second kappa shape index (κ2) is 5.65. The van der Waals surface area contributed by atoms with Gasteiger partial charge in [0.2, 0.25) is 0 Å². The summed E-state index contributed by atoms with van der Waals surface area (Å²) in [6.07, 6.45) is 0.420. The molecule has 0 aliphatic heterocycles. The van der Waals surface area contributed by atoms with Gasteiger partial charge in [0.25, 0.3) is 5.89 Å². The van der Waals surface area contributed by atoms with Crippen molar-refractivity contribution < 1.29 is 19.2 Å². The van der Waals surface area contributed by atoms with Gasteiger partial charge >= 0.3 is 5.97 Å².